The van der Waals surface area contributed by atoms with Crippen LogP contribution in [0.15, 0.2) is 86.0 Å². The number of phosphoric acid groups is 2. The summed E-state index contributed by atoms with van der Waals surface area (Å²) in [6, 6.07) is 17.1. The van der Waals surface area contributed by atoms with E-state index in [0.717, 1.165) is 0 Å². The first-order valence-corrected chi connectivity index (χ1v) is 25.5. The van der Waals surface area contributed by atoms with Gasteiger partial charge in [-0.2, -0.15) is 4.31 Å². The lowest BCUT2D eigenvalue weighted by Crippen LogP contribution is -2.32. The number of fused-ring (bicyclic) bond motifs is 4. The van der Waals surface area contributed by atoms with Gasteiger partial charge in [-0.3, -0.25) is 28.8 Å². The van der Waals surface area contributed by atoms with Gasteiger partial charge in [-0.1, -0.05) is 48.2 Å². The minimum absolute atomic E-state index is 0.109. The Morgan fingerprint density at radius 2 is 1.01 bits per heavy atom. The van der Waals surface area contributed by atoms with E-state index in [1.54, 1.807) is 38.1 Å². The maximum Gasteiger partial charge on any atom is 0.481 e. The number of nitrogens with zero attached hydrogens (tertiary/aromatic N) is 8. The van der Waals surface area contributed by atoms with Gasteiger partial charge in [-0.15, -0.1) is 0 Å². The summed E-state index contributed by atoms with van der Waals surface area (Å²) in [4.78, 5) is 72.2. The number of hydrogen-bond acceptors (Lipinski definition) is 19. The molecule has 0 aliphatic carbocycles. The Hall–Kier alpha value is -6.78. The maximum atomic E-state index is 13.5. The SMILES string of the molecule is CCNC(=O)Nc1ncnc2c1ncn2[C@@H]1O[C@H](COP(=O)(O)OP(=O)(O)OC[C@H]2O[C@@H](n3cnc4c(NC(=O)NCC)ncnc43)[C@H]3OC(C#Cc4ccccc4)OC23)C2OC(C#Cc3ccccc3)OC21. The second-order valence-electron chi connectivity index (χ2n) is 16.1. The van der Waals surface area contributed by atoms with E-state index in [0.29, 0.717) is 24.2 Å². The number of hydrogen-bond donors (Lipinski definition) is 6. The molecule has 6 aromatic rings. The lowest BCUT2D eigenvalue weighted by atomic mass is 10.1. The Morgan fingerprint density at radius 1 is 0.603 bits per heavy atom. The fourth-order valence-corrected chi connectivity index (χ4v) is 10.3. The molecule has 4 fully saturated rings. The molecular formula is C44H44N12O15P2. The van der Waals surface area contributed by atoms with E-state index in [1.165, 1.54) is 34.4 Å². The molecule has 12 atom stereocenters. The van der Waals surface area contributed by atoms with Crippen molar-refractivity contribution in [3.8, 4) is 23.7 Å². The van der Waals surface area contributed by atoms with E-state index < -0.39 is 103 Å². The Bertz CT molecular complexity index is 3010. The quantitative estimate of drug-likeness (QED) is 0.0673. The van der Waals surface area contributed by atoms with Crippen molar-refractivity contribution in [3.63, 3.8) is 0 Å². The number of phosphoric ester groups is 2. The highest BCUT2D eigenvalue weighted by Crippen LogP contribution is 2.61. The highest BCUT2D eigenvalue weighted by molar-refractivity contribution is 7.61. The Labute approximate surface area is 413 Å². The Balaban J connectivity index is 0.835. The summed E-state index contributed by atoms with van der Waals surface area (Å²) in [6.45, 7) is 2.75. The first-order valence-electron chi connectivity index (χ1n) is 22.5. The molecule has 29 heteroatoms. The van der Waals surface area contributed by atoms with Crippen molar-refractivity contribution in [2.75, 3.05) is 36.9 Å². The lowest BCUT2D eigenvalue weighted by molar-refractivity contribution is -0.130. The first kappa shape index (κ1) is 49.8. The first-order chi connectivity index (χ1) is 35.3. The van der Waals surface area contributed by atoms with Gasteiger partial charge < -0.3 is 48.8 Å². The van der Waals surface area contributed by atoms with Gasteiger partial charge in [0.1, 0.15) is 49.3 Å². The number of amides is 4. The number of carbonyl (C=O) groups excluding carboxylic acids is 2. The topological polar surface area (TPSA) is 327 Å². The fourth-order valence-electron chi connectivity index (χ4n) is 8.25. The summed E-state index contributed by atoms with van der Waals surface area (Å²) < 4.78 is 82.5. The molecule has 4 aliphatic heterocycles. The molecule has 4 saturated heterocycles. The molecule has 6 N–H and O–H groups in total. The highest BCUT2D eigenvalue weighted by Gasteiger charge is 2.56. The monoisotopic (exact) mass is 1040 g/mol. The van der Waals surface area contributed by atoms with Crippen molar-refractivity contribution in [1.29, 1.82) is 0 Å². The van der Waals surface area contributed by atoms with Crippen LogP contribution in [0.25, 0.3) is 22.3 Å². The summed E-state index contributed by atoms with van der Waals surface area (Å²) in [6.07, 6.45) is -5.36. The van der Waals surface area contributed by atoms with E-state index in [4.69, 9.17) is 41.8 Å². The summed E-state index contributed by atoms with van der Waals surface area (Å²) in [5.74, 6) is 12.0. The number of benzene rings is 2. The predicted octanol–water partition coefficient (Wildman–Crippen LogP) is 3.32. The van der Waals surface area contributed by atoms with Gasteiger partial charge >= 0.3 is 27.7 Å². The molecule has 8 heterocycles. The smallest absolute Gasteiger partial charge is 0.347 e. The van der Waals surface area contributed by atoms with Gasteiger partial charge in [0.2, 0.25) is 12.6 Å². The Kier molecular flexibility index (Phi) is 14.6. The molecule has 7 unspecified atom stereocenters. The molecule has 4 aliphatic rings. The fraction of sp³-hybridized carbons (Fsp3) is 0.364. The van der Waals surface area contributed by atoms with Crippen molar-refractivity contribution < 1.29 is 70.3 Å². The van der Waals surface area contributed by atoms with Crippen LogP contribution in [-0.4, -0.2) is 136 Å². The summed E-state index contributed by atoms with van der Waals surface area (Å²) in [5, 5.41) is 10.5. The molecule has 2 aromatic carbocycles. The maximum absolute atomic E-state index is 13.5. The minimum Gasteiger partial charge on any atom is -0.347 e. The molecule has 73 heavy (non-hydrogen) atoms. The summed E-state index contributed by atoms with van der Waals surface area (Å²) in [7, 11) is -10.9. The highest BCUT2D eigenvalue weighted by atomic mass is 31.3. The van der Waals surface area contributed by atoms with Crippen molar-refractivity contribution in [3.05, 3.63) is 97.1 Å². The number of urea groups is 2. The number of ether oxygens (including phenoxy) is 6. The summed E-state index contributed by atoms with van der Waals surface area (Å²) >= 11 is 0. The molecule has 27 nitrogen and oxygen atoms in total. The Morgan fingerprint density at radius 3 is 1.42 bits per heavy atom. The van der Waals surface area contributed by atoms with E-state index in [9.17, 15) is 28.5 Å². The van der Waals surface area contributed by atoms with Gasteiger partial charge in [-0.05, 0) is 50.0 Å². The number of imidazole rings is 2. The third-order valence-electron chi connectivity index (χ3n) is 11.3. The molecule has 0 saturated carbocycles. The van der Waals surface area contributed by atoms with E-state index >= 15 is 0 Å². The van der Waals surface area contributed by atoms with Gasteiger partial charge in [0.25, 0.3) is 0 Å². The van der Waals surface area contributed by atoms with Gasteiger partial charge in [0.15, 0.2) is 46.4 Å². The van der Waals surface area contributed by atoms with Crippen molar-refractivity contribution in [1.82, 2.24) is 49.7 Å². The van der Waals surface area contributed by atoms with Crippen LogP contribution < -0.4 is 21.3 Å². The predicted molar refractivity (Wildman–Crippen MR) is 250 cm³/mol. The molecule has 4 amide bonds. The zero-order chi connectivity index (χ0) is 50.7. The number of aromatic nitrogens is 8. The van der Waals surface area contributed by atoms with E-state index in [-0.39, 0.29) is 34.0 Å². The zero-order valence-electron chi connectivity index (χ0n) is 38.4. The van der Waals surface area contributed by atoms with Crippen molar-refractivity contribution in [2.24, 2.45) is 0 Å². The molecule has 4 aromatic heterocycles. The third-order valence-corrected chi connectivity index (χ3v) is 13.9. The number of anilines is 2. The second kappa shape index (κ2) is 21.4. The van der Waals surface area contributed by atoms with Crippen LogP contribution in [0.2, 0.25) is 0 Å². The molecular weight excluding hydrogens is 999 g/mol. The molecule has 10 rings (SSSR count). The standard InChI is InChI=1S/C44H44N12O15P2/c1-3-45-43(57)53-37-31-39(49-21-47-37)55(23-51-31)41-35-33(67-29(69-35)17-15-25-11-7-5-8-12-25)27(65-41)19-63-72(59,60)71-73(61,62)64-20-28-34-36(70-30(68-34)18-16-26-13-9-6-10-14-26)42(66-28)56-24-52-32-38(48-22-50-40(32)56)54-44(58)46-4-2/h5-14,21-24,27-30,33-36,41-42H,3-4,19-20H2,1-2H3,(H,59,60)(H,61,62)(H2,45,47,49,53,57)(H2,46,48,50,54,58)/t27-,28-,29?,30?,33?,34?,35+,36?,41-,42-/m1/s1. The lowest BCUT2D eigenvalue weighted by Gasteiger charge is -2.22. The number of nitrogens with one attached hydrogen (secondary N) is 4. The van der Waals surface area contributed by atoms with E-state index in [1.807, 2.05) is 36.4 Å². The average molecular weight is 1040 g/mol. The molecule has 0 bridgehead atoms. The van der Waals surface area contributed by atoms with Crippen LogP contribution in [0, 0.1) is 23.7 Å². The van der Waals surface area contributed by atoms with Crippen LogP contribution in [0.3, 0.4) is 0 Å². The van der Waals surface area contributed by atoms with Crippen molar-refractivity contribution in [2.45, 2.75) is 75.5 Å². The molecule has 380 valence electrons. The largest absolute Gasteiger partial charge is 0.481 e. The van der Waals surface area contributed by atoms with Gasteiger partial charge in [0, 0.05) is 24.2 Å². The third kappa shape index (κ3) is 11.1. The van der Waals surface area contributed by atoms with Crippen LogP contribution in [0.1, 0.15) is 37.4 Å². The van der Waals surface area contributed by atoms with Gasteiger partial charge in [-0.25, -0.2) is 48.6 Å². The van der Waals surface area contributed by atoms with Gasteiger partial charge in [0.05, 0.1) is 25.9 Å². The molecule has 0 radical (unpaired) electrons. The van der Waals surface area contributed by atoms with Crippen LogP contribution in [0.4, 0.5) is 21.2 Å². The van der Waals surface area contributed by atoms with Crippen LogP contribution >= 0.6 is 15.6 Å². The summed E-state index contributed by atoms with van der Waals surface area (Å²) in [5.41, 5.74) is 2.24. The number of rotatable bonds is 14. The second-order valence-corrected chi connectivity index (χ2v) is 19.2. The van der Waals surface area contributed by atoms with Crippen LogP contribution in [-0.2, 0) is 50.9 Å². The minimum atomic E-state index is -5.45. The van der Waals surface area contributed by atoms with Crippen LogP contribution in [0.5, 0.6) is 0 Å². The average Bonchev–Trinajstić information content (AvgIpc) is 4.24. The number of carbonyl (C=O) groups is 2. The molecule has 0 spiro atoms. The zero-order valence-corrected chi connectivity index (χ0v) is 40.1. The van der Waals surface area contributed by atoms with E-state index in [2.05, 4.69) is 74.9 Å². The van der Waals surface area contributed by atoms with Crippen molar-refractivity contribution >= 4 is 61.7 Å². The normalized spacial score (nSPS) is 26.6.